The van der Waals surface area contributed by atoms with Crippen molar-refractivity contribution in [3.05, 3.63) is 12.2 Å². The Balaban J connectivity index is 1.75. The van der Waals surface area contributed by atoms with Gasteiger partial charge in [-0.2, -0.15) is 0 Å². The Hall–Kier alpha value is -1.24. The molecule has 3 aliphatic carbocycles. The van der Waals surface area contributed by atoms with Gasteiger partial charge in [0.15, 0.2) is 12.1 Å². The number of aliphatic hydroxyl groups excluding tert-OH is 2. The van der Waals surface area contributed by atoms with Gasteiger partial charge in [-0.1, -0.05) is 20.4 Å². The van der Waals surface area contributed by atoms with E-state index < -0.39 is 41.2 Å². The van der Waals surface area contributed by atoms with Gasteiger partial charge in [-0.3, -0.25) is 9.59 Å². The van der Waals surface area contributed by atoms with Crippen LogP contribution in [0, 0.1) is 34.0 Å². The van der Waals surface area contributed by atoms with Gasteiger partial charge in [0.2, 0.25) is 0 Å². The quantitative estimate of drug-likeness (QED) is 0.382. The number of Topliss-reactive ketones (excluding diaryl/α,β-unsaturated/α-hetero) is 1. The van der Waals surface area contributed by atoms with Crippen LogP contribution >= 0.6 is 0 Å². The molecular formula is C20H26O6. The molecule has 0 aromatic heterocycles. The molecular weight excluding hydrogens is 336 g/mol. The monoisotopic (exact) mass is 362 g/mol. The van der Waals surface area contributed by atoms with Gasteiger partial charge in [0.25, 0.3) is 0 Å². The fourth-order valence-electron chi connectivity index (χ4n) is 7.35. The summed E-state index contributed by atoms with van der Waals surface area (Å²) in [5, 5.41) is 21.8. The first kappa shape index (κ1) is 16.9. The van der Waals surface area contributed by atoms with Gasteiger partial charge in [-0.25, -0.2) is 0 Å². The molecule has 2 heterocycles. The van der Waals surface area contributed by atoms with Crippen molar-refractivity contribution < 1.29 is 29.3 Å². The Morgan fingerprint density at radius 3 is 2.65 bits per heavy atom. The summed E-state index contributed by atoms with van der Waals surface area (Å²) in [6.45, 7) is 8.29. The molecule has 0 aromatic rings. The molecule has 2 aliphatic heterocycles. The SMILES string of the molecule is C=C1C(=O)[C@]23C[C@H]1C[C@H](O)[C@H]2[C@@]12CO[C@H](O)[C@@H]1C(C)(C)CC[C@@H]2OC3=O. The highest BCUT2D eigenvalue weighted by molar-refractivity contribution is 6.15. The molecule has 26 heavy (non-hydrogen) atoms. The molecule has 6 heteroatoms. The molecule has 3 saturated carbocycles. The van der Waals surface area contributed by atoms with E-state index in [1.165, 1.54) is 0 Å². The van der Waals surface area contributed by atoms with Crippen molar-refractivity contribution >= 4 is 11.8 Å². The van der Waals surface area contributed by atoms with Gasteiger partial charge in [0.05, 0.1) is 12.7 Å². The van der Waals surface area contributed by atoms with Crippen LogP contribution in [0.2, 0.25) is 0 Å². The maximum atomic E-state index is 13.2. The highest BCUT2D eigenvalue weighted by Crippen LogP contribution is 2.71. The van der Waals surface area contributed by atoms with Crippen LogP contribution in [0.5, 0.6) is 0 Å². The molecule has 0 amide bonds. The van der Waals surface area contributed by atoms with E-state index in [4.69, 9.17) is 9.47 Å². The molecule has 5 fully saturated rings. The first-order valence-electron chi connectivity index (χ1n) is 9.58. The number of carbonyl (C=O) groups is 2. The average Bonchev–Trinajstić information content (AvgIpc) is 3.01. The summed E-state index contributed by atoms with van der Waals surface area (Å²) in [7, 11) is 0. The van der Waals surface area contributed by atoms with Crippen molar-refractivity contribution in [3.63, 3.8) is 0 Å². The minimum Gasteiger partial charge on any atom is -0.461 e. The topological polar surface area (TPSA) is 93.1 Å². The molecule has 0 radical (unpaired) electrons. The lowest BCUT2D eigenvalue weighted by Gasteiger charge is -2.62. The van der Waals surface area contributed by atoms with Crippen LogP contribution in [0.4, 0.5) is 0 Å². The highest BCUT2D eigenvalue weighted by Gasteiger charge is 2.79. The highest BCUT2D eigenvalue weighted by atomic mass is 16.6. The Morgan fingerprint density at radius 1 is 1.19 bits per heavy atom. The zero-order valence-corrected chi connectivity index (χ0v) is 15.2. The van der Waals surface area contributed by atoms with Gasteiger partial charge in [-0.15, -0.1) is 0 Å². The fourth-order valence-corrected chi connectivity index (χ4v) is 7.35. The second kappa shape index (κ2) is 4.78. The second-order valence-electron chi connectivity index (χ2n) is 9.72. The van der Waals surface area contributed by atoms with Crippen molar-refractivity contribution in [1.29, 1.82) is 0 Å². The van der Waals surface area contributed by atoms with Crippen LogP contribution in [-0.2, 0) is 19.1 Å². The van der Waals surface area contributed by atoms with Crippen molar-refractivity contribution in [2.75, 3.05) is 6.61 Å². The van der Waals surface area contributed by atoms with Crippen LogP contribution in [-0.4, -0.2) is 47.1 Å². The Kier molecular flexibility index (Phi) is 3.10. The summed E-state index contributed by atoms with van der Waals surface area (Å²) in [6.07, 6.45) is 0.0166. The summed E-state index contributed by atoms with van der Waals surface area (Å²) in [6, 6.07) is 0. The van der Waals surface area contributed by atoms with Crippen LogP contribution in [0.1, 0.15) is 39.5 Å². The van der Waals surface area contributed by atoms with E-state index in [-0.39, 0.29) is 29.6 Å². The van der Waals surface area contributed by atoms with Crippen LogP contribution in [0.25, 0.3) is 0 Å². The van der Waals surface area contributed by atoms with E-state index >= 15 is 0 Å². The van der Waals surface area contributed by atoms with E-state index in [0.717, 1.165) is 6.42 Å². The molecule has 142 valence electrons. The molecule has 2 saturated heterocycles. The summed E-state index contributed by atoms with van der Waals surface area (Å²) in [5.41, 5.74) is -1.91. The number of hydrogen-bond acceptors (Lipinski definition) is 6. The molecule has 8 atom stereocenters. The number of fused-ring (bicyclic) bond motifs is 1. The Labute approximate surface area is 152 Å². The van der Waals surface area contributed by atoms with Crippen molar-refractivity contribution in [3.8, 4) is 0 Å². The van der Waals surface area contributed by atoms with Crippen LogP contribution in [0.3, 0.4) is 0 Å². The molecule has 0 unspecified atom stereocenters. The van der Waals surface area contributed by atoms with E-state index in [9.17, 15) is 19.8 Å². The van der Waals surface area contributed by atoms with E-state index in [2.05, 4.69) is 20.4 Å². The average molecular weight is 362 g/mol. The number of rotatable bonds is 0. The third-order valence-electron chi connectivity index (χ3n) is 8.25. The lowest BCUT2D eigenvalue weighted by atomic mass is 9.43. The Bertz CT molecular complexity index is 728. The van der Waals surface area contributed by atoms with Crippen molar-refractivity contribution in [2.24, 2.45) is 34.0 Å². The van der Waals surface area contributed by atoms with E-state index in [0.29, 0.717) is 24.8 Å². The van der Waals surface area contributed by atoms with E-state index in [1.54, 1.807) is 0 Å². The lowest BCUT2D eigenvalue weighted by Crippen LogP contribution is -2.70. The zero-order valence-electron chi connectivity index (χ0n) is 15.2. The third-order valence-corrected chi connectivity index (χ3v) is 8.25. The summed E-state index contributed by atoms with van der Waals surface area (Å²) in [4.78, 5) is 26.3. The smallest absolute Gasteiger partial charge is 0.320 e. The fraction of sp³-hybridized carbons (Fsp3) is 0.800. The maximum absolute atomic E-state index is 13.2. The predicted octanol–water partition coefficient (Wildman–Crippen LogP) is 1.20. The molecule has 2 spiro atoms. The van der Waals surface area contributed by atoms with Gasteiger partial charge < -0.3 is 19.7 Å². The first-order valence-corrected chi connectivity index (χ1v) is 9.58. The number of ketones is 1. The van der Waals surface area contributed by atoms with Gasteiger partial charge in [-0.05, 0) is 42.6 Å². The normalized spacial score (nSPS) is 54.4. The number of esters is 1. The molecule has 5 aliphatic rings. The molecule has 2 N–H and O–H groups in total. The van der Waals surface area contributed by atoms with Crippen molar-refractivity contribution in [1.82, 2.24) is 0 Å². The summed E-state index contributed by atoms with van der Waals surface area (Å²) in [5.74, 6) is -1.84. The predicted molar refractivity (Wildman–Crippen MR) is 89.6 cm³/mol. The third kappa shape index (κ3) is 1.61. The van der Waals surface area contributed by atoms with Crippen molar-refractivity contribution in [2.45, 2.75) is 58.0 Å². The number of aliphatic hydroxyl groups is 2. The number of ether oxygens (including phenoxy) is 2. The first-order chi connectivity index (χ1) is 12.2. The minimum absolute atomic E-state index is 0.170. The lowest BCUT2D eigenvalue weighted by molar-refractivity contribution is -0.251. The largest absolute Gasteiger partial charge is 0.461 e. The summed E-state index contributed by atoms with van der Waals surface area (Å²) < 4.78 is 11.6. The minimum atomic E-state index is -1.37. The van der Waals surface area contributed by atoms with Crippen LogP contribution < -0.4 is 0 Å². The second-order valence-corrected chi connectivity index (χ2v) is 9.72. The number of allylic oxidation sites excluding steroid dienone is 1. The van der Waals surface area contributed by atoms with Gasteiger partial charge in [0.1, 0.15) is 11.5 Å². The number of hydrogen-bond donors (Lipinski definition) is 2. The maximum Gasteiger partial charge on any atom is 0.320 e. The molecule has 6 nitrogen and oxygen atoms in total. The molecule has 2 bridgehead atoms. The van der Waals surface area contributed by atoms with Gasteiger partial charge >= 0.3 is 5.97 Å². The Morgan fingerprint density at radius 2 is 1.92 bits per heavy atom. The summed E-state index contributed by atoms with van der Waals surface area (Å²) >= 11 is 0. The molecule has 0 aromatic carbocycles. The zero-order chi connectivity index (χ0) is 18.6. The number of carbonyl (C=O) groups excluding carboxylic acids is 2. The standard InChI is InChI=1S/C20H26O6/c1-9-10-6-11(21)13-19(7-10,15(9)22)17(24)26-12-4-5-18(2,3)14-16(23)25-8-20(12,13)14/h10-14,16,21,23H,1,4-8H2,2-3H3/t10-,11+,12+,13-,14-,16+,19+,20+/m1/s1. The molecule has 5 rings (SSSR count). The van der Waals surface area contributed by atoms with Gasteiger partial charge in [0, 0.05) is 17.3 Å². The van der Waals surface area contributed by atoms with Crippen LogP contribution in [0.15, 0.2) is 12.2 Å². The van der Waals surface area contributed by atoms with E-state index in [1.807, 2.05) is 0 Å².